The number of hydrogen-bond donors (Lipinski definition) is 3. The highest BCUT2D eigenvalue weighted by Gasteiger charge is 2.25. The van der Waals surface area contributed by atoms with E-state index >= 15 is 0 Å². The molecule has 3 N–H and O–H groups in total. The van der Waals surface area contributed by atoms with Crippen molar-refractivity contribution in [3.63, 3.8) is 0 Å². The van der Waals surface area contributed by atoms with Crippen molar-refractivity contribution in [1.82, 2.24) is 15.3 Å². The van der Waals surface area contributed by atoms with Gasteiger partial charge in [0.05, 0.1) is 11.1 Å². The highest BCUT2D eigenvalue weighted by Crippen LogP contribution is 2.33. The Morgan fingerprint density at radius 1 is 1.18 bits per heavy atom. The number of carbonyl (C=O) groups excluding carboxylic acids is 1. The number of nitrogens with one attached hydrogen (secondary N) is 1. The number of phenols is 1. The van der Waals surface area contributed by atoms with E-state index in [0.29, 0.717) is 17.8 Å². The molecule has 1 atom stereocenters. The molecule has 1 saturated heterocycles. The number of aryl methyl sites for hydroxylation is 1. The van der Waals surface area contributed by atoms with Crippen molar-refractivity contribution in [3.05, 3.63) is 48.0 Å². The van der Waals surface area contributed by atoms with Gasteiger partial charge in [0.15, 0.2) is 5.82 Å². The van der Waals surface area contributed by atoms with Gasteiger partial charge in [-0.3, -0.25) is 4.79 Å². The summed E-state index contributed by atoms with van der Waals surface area (Å²) in [5.41, 5.74) is 2.55. The summed E-state index contributed by atoms with van der Waals surface area (Å²) in [5.74, 6) is 1.21. The Labute approximate surface area is 194 Å². The Hall–Kier alpha value is -3.19. The molecule has 7 nitrogen and oxygen atoms in total. The molecule has 1 amide bonds. The Kier molecular flexibility index (Phi) is 7.08. The lowest BCUT2D eigenvalue weighted by Gasteiger charge is -2.34. The maximum absolute atomic E-state index is 12.3. The largest absolute Gasteiger partial charge is 0.507 e. The monoisotopic (exact) mass is 448 g/mol. The standard InChI is InChI=1S/C26H32N4O3/c1-3-4-8-23(32)26(33)27-18-12-14-30(15-13-18)25-19-11-10-17(2)16-21(19)28-24(29-25)20-7-5-6-9-22(20)31/h5-7,9-11,16,18,23,31-32H,3-4,8,12-15H2,1-2H3,(H,27,33). The molecule has 0 spiro atoms. The Bertz CT molecular complexity index is 1130. The minimum atomic E-state index is -0.932. The Morgan fingerprint density at radius 2 is 1.94 bits per heavy atom. The predicted molar refractivity (Wildman–Crippen MR) is 130 cm³/mol. The first-order valence-corrected chi connectivity index (χ1v) is 11.8. The molecule has 0 aliphatic carbocycles. The van der Waals surface area contributed by atoms with Crippen molar-refractivity contribution in [3.8, 4) is 17.1 Å². The number of piperidine rings is 1. The van der Waals surface area contributed by atoms with Crippen LogP contribution in [0.2, 0.25) is 0 Å². The molecule has 4 rings (SSSR count). The minimum absolute atomic E-state index is 0.0398. The molecule has 33 heavy (non-hydrogen) atoms. The van der Waals surface area contributed by atoms with E-state index in [-0.39, 0.29) is 17.7 Å². The number of amides is 1. The number of anilines is 1. The van der Waals surface area contributed by atoms with Crippen molar-refractivity contribution < 1.29 is 15.0 Å². The minimum Gasteiger partial charge on any atom is -0.507 e. The lowest BCUT2D eigenvalue weighted by Crippen LogP contribution is -2.47. The number of aliphatic hydroxyl groups excluding tert-OH is 1. The Morgan fingerprint density at radius 3 is 2.67 bits per heavy atom. The molecule has 0 saturated carbocycles. The SMILES string of the molecule is CCCCC(O)C(=O)NC1CCN(c2nc(-c3ccccc3O)nc3cc(C)ccc23)CC1. The third-order valence-electron chi connectivity index (χ3n) is 6.25. The summed E-state index contributed by atoms with van der Waals surface area (Å²) < 4.78 is 0. The molecule has 1 aromatic heterocycles. The van der Waals surface area contributed by atoms with Crippen LogP contribution in [-0.2, 0) is 4.79 Å². The van der Waals surface area contributed by atoms with E-state index < -0.39 is 6.10 Å². The number of para-hydroxylation sites is 1. The number of phenolic OH excluding ortho intramolecular Hbond substituents is 1. The maximum Gasteiger partial charge on any atom is 0.249 e. The number of carbonyl (C=O) groups is 1. The van der Waals surface area contributed by atoms with E-state index in [9.17, 15) is 15.0 Å². The number of benzene rings is 2. The van der Waals surface area contributed by atoms with Crippen molar-refractivity contribution >= 4 is 22.6 Å². The molecule has 7 heteroatoms. The van der Waals surface area contributed by atoms with Crippen LogP contribution in [0.15, 0.2) is 42.5 Å². The van der Waals surface area contributed by atoms with Crippen molar-refractivity contribution in [1.29, 1.82) is 0 Å². The highest BCUT2D eigenvalue weighted by atomic mass is 16.3. The molecular weight excluding hydrogens is 416 g/mol. The van der Waals surface area contributed by atoms with Crippen LogP contribution >= 0.6 is 0 Å². The summed E-state index contributed by atoms with van der Waals surface area (Å²) in [7, 11) is 0. The summed E-state index contributed by atoms with van der Waals surface area (Å²) >= 11 is 0. The third kappa shape index (κ3) is 5.25. The van der Waals surface area contributed by atoms with Crippen LogP contribution in [0.1, 0.15) is 44.6 Å². The van der Waals surface area contributed by atoms with Gasteiger partial charge in [-0.25, -0.2) is 9.97 Å². The van der Waals surface area contributed by atoms with Gasteiger partial charge in [0.2, 0.25) is 5.91 Å². The summed E-state index contributed by atoms with van der Waals surface area (Å²) in [6, 6.07) is 13.3. The average Bonchev–Trinajstić information content (AvgIpc) is 2.82. The molecule has 2 aromatic carbocycles. The second-order valence-electron chi connectivity index (χ2n) is 8.84. The van der Waals surface area contributed by atoms with Crippen molar-refractivity contribution in [2.24, 2.45) is 0 Å². The zero-order valence-corrected chi connectivity index (χ0v) is 19.3. The molecule has 1 aliphatic rings. The summed E-state index contributed by atoms with van der Waals surface area (Å²) in [6.07, 6.45) is 2.91. The first-order chi connectivity index (χ1) is 16.0. The van der Waals surface area contributed by atoms with E-state index in [1.165, 1.54) is 0 Å². The van der Waals surface area contributed by atoms with Crippen LogP contribution in [0.4, 0.5) is 5.82 Å². The van der Waals surface area contributed by atoms with Crippen LogP contribution in [0.25, 0.3) is 22.3 Å². The molecule has 0 bridgehead atoms. The zero-order valence-electron chi connectivity index (χ0n) is 19.3. The van der Waals surface area contributed by atoms with E-state index in [0.717, 1.165) is 61.1 Å². The summed E-state index contributed by atoms with van der Waals surface area (Å²) in [4.78, 5) is 24.1. The number of aromatic hydroxyl groups is 1. The first-order valence-electron chi connectivity index (χ1n) is 11.8. The fraction of sp³-hybridized carbons (Fsp3) is 0.423. The lowest BCUT2D eigenvalue weighted by molar-refractivity contribution is -0.130. The van der Waals surface area contributed by atoms with Gasteiger partial charge >= 0.3 is 0 Å². The van der Waals surface area contributed by atoms with Gasteiger partial charge < -0.3 is 20.4 Å². The van der Waals surface area contributed by atoms with Gasteiger partial charge in [-0.15, -0.1) is 0 Å². The number of hydrogen-bond acceptors (Lipinski definition) is 6. The Balaban J connectivity index is 1.55. The van der Waals surface area contributed by atoms with E-state index in [1.807, 2.05) is 38.1 Å². The van der Waals surface area contributed by atoms with Gasteiger partial charge in [0.1, 0.15) is 17.7 Å². The topological polar surface area (TPSA) is 98.6 Å². The molecule has 1 aliphatic heterocycles. The highest BCUT2D eigenvalue weighted by molar-refractivity contribution is 5.92. The van der Waals surface area contributed by atoms with Crippen LogP contribution in [0.3, 0.4) is 0 Å². The van der Waals surface area contributed by atoms with Crippen LogP contribution in [0.5, 0.6) is 5.75 Å². The van der Waals surface area contributed by atoms with Gasteiger partial charge in [-0.1, -0.05) is 38.0 Å². The number of fused-ring (bicyclic) bond motifs is 1. The molecule has 3 aromatic rings. The number of unbranched alkanes of at least 4 members (excludes halogenated alkanes) is 1. The molecule has 174 valence electrons. The summed E-state index contributed by atoms with van der Waals surface area (Å²) in [6.45, 7) is 5.54. The van der Waals surface area contributed by atoms with Crippen molar-refractivity contribution in [2.45, 2.75) is 58.1 Å². The van der Waals surface area contributed by atoms with Gasteiger partial charge in [0.25, 0.3) is 0 Å². The maximum atomic E-state index is 12.3. The van der Waals surface area contributed by atoms with E-state index in [1.54, 1.807) is 12.1 Å². The molecular formula is C26H32N4O3. The number of rotatable bonds is 7. The summed E-state index contributed by atoms with van der Waals surface area (Å²) in [5, 5.41) is 24.4. The molecule has 0 radical (unpaired) electrons. The van der Waals surface area contributed by atoms with E-state index in [2.05, 4.69) is 16.3 Å². The van der Waals surface area contributed by atoms with Crippen molar-refractivity contribution in [2.75, 3.05) is 18.0 Å². The molecule has 1 unspecified atom stereocenters. The number of nitrogens with zero attached hydrogens (tertiary/aromatic N) is 3. The van der Waals surface area contributed by atoms with E-state index in [4.69, 9.17) is 9.97 Å². The van der Waals surface area contributed by atoms with Gasteiger partial charge in [-0.2, -0.15) is 0 Å². The third-order valence-corrected chi connectivity index (χ3v) is 6.25. The molecule has 2 heterocycles. The zero-order chi connectivity index (χ0) is 23.4. The predicted octanol–water partition coefficient (Wildman–Crippen LogP) is 3.95. The quantitative estimate of drug-likeness (QED) is 0.506. The van der Waals surface area contributed by atoms with Crippen LogP contribution in [0, 0.1) is 6.92 Å². The van der Waals surface area contributed by atoms with Gasteiger partial charge in [0, 0.05) is 24.5 Å². The second kappa shape index (κ2) is 10.2. The second-order valence-corrected chi connectivity index (χ2v) is 8.84. The number of aliphatic hydroxyl groups is 1. The number of aromatic nitrogens is 2. The van der Waals surface area contributed by atoms with Gasteiger partial charge in [-0.05, 0) is 56.0 Å². The first kappa shape index (κ1) is 23.0. The fourth-order valence-corrected chi connectivity index (χ4v) is 4.31. The smallest absolute Gasteiger partial charge is 0.249 e. The average molecular weight is 449 g/mol. The van der Waals surface area contributed by atoms with Crippen LogP contribution in [-0.4, -0.2) is 51.3 Å². The fourth-order valence-electron chi connectivity index (χ4n) is 4.31. The molecule has 1 fully saturated rings. The van der Waals surface area contributed by atoms with Crippen LogP contribution < -0.4 is 10.2 Å². The lowest BCUT2D eigenvalue weighted by atomic mass is 10.0. The normalized spacial score (nSPS) is 15.5.